The number of carbonyl (C=O) groups excluding carboxylic acids is 1. The Hall–Kier alpha value is -3.94. The number of nitrogens with one attached hydrogen (secondary N) is 1. The van der Waals surface area contributed by atoms with E-state index in [1.807, 2.05) is 30.3 Å². The third-order valence-corrected chi connectivity index (χ3v) is 4.36. The highest BCUT2D eigenvalue weighted by molar-refractivity contribution is 5.93. The summed E-state index contributed by atoms with van der Waals surface area (Å²) in [6.07, 6.45) is 0. The van der Waals surface area contributed by atoms with Crippen molar-refractivity contribution < 1.29 is 14.5 Å². The number of nitrogens with zero attached hydrogens (tertiary/aromatic N) is 2. The molecule has 0 aliphatic carbocycles. The second kappa shape index (κ2) is 8.39. The Morgan fingerprint density at radius 3 is 2.28 bits per heavy atom. The molecule has 1 atom stereocenters. The van der Waals surface area contributed by atoms with Crippen LogP contribution < -0.4 is 15.6 Å². The van der Waals surface area contributed by atoms with Crippen LogP contribution in [0.15, 0.2) is 71.5 Å². The van der Waals surface area contributed by atoms with Crippen LogP contribution in [0.4, 0.5) is 11.4 Å². The van der Waals surface area contributed by atoms with Crippen molar-refractivity contribution in [2.75, 3.05) is 5.32 Å². The Kier molecular flexibility index (Phi) is 5.73. The molecule has 2 aromatic carbocycles. The summed E-state index contributed by atoms with van der Waals surface area (Å²) in [4.78, 5) is 35.2. The van der Waals surface area contributed by atoms with Crippen LogP contribution in [0.1, 0.15) is 18.7 Å². The number of hydrogen-bond donors (Lipinski definition) is 1. The fourth-order valence-corrected chi connectivity index (χ4v) is 2.85. The van der Waals surface area contributed by atoms with Gasteiger partial charge in [0.1, 0.15) is 17.5 Å². The van der Waals surface area contributed by atoms with Gasteiger partial charge in [-0.1, -0.05) is 18.2 Å². The van der Waals surface area contributed by atoms with Crippen LogP contribution >= 0.6 is 0 Å². The number of para-hydroxylation sites is 1. The topological polar surface area (TPSA) is 103 Å². The summed E-state index contributed by atoms with van der Waals surface area (Å²) in [6, 6.07) is 17.7. The molecule has 0 spiro atoms. The van der Waals surface area contributed by atoms with Crippen LogP contribution in [0.2, 0.25) is 0 Å². The van der Waals surface area contributed by atoms with Crippen molar-refractivity contribution in [1.82, 2.24) is 4.57 Å². The van der Waals surface area contributed by atoms with E-state index in [9.17, 15) is 19.7 Å². The Bertz CT molecular complexity index is 1090. The molecule has 1 N–H and O–H groups in total. The number of hydrogen-bond acceptors (Lipinski definition) is 5. The van der Waals surface area contributed by atoms with Crippen LogP contribution in [-0.4, -0.2) is 15.4 Å². The number of aryl methyl sites for hydroxylation is 1. The minimum atomic E-state index is -0.928. The molecule has 0 aliphatic rings. The van der Waals surface area contributed by atoms with Crippen molar-refractivity contribution in [3.05, 3.63) is 92.9 Å². The molecule has 3 rings (SSSR count). The van der Waals surface area contributed by atoms with E-state index >= 15 is 0 Å². The number of pyridine rings is 1. The van der Waals surface area contributed by atoms with Crippen molar-refractivity contribution in [1.29, 1.82) is 0 Å². The van der Waals surface area contributed by atoms with Crippen molar-refractivity contribution in [3.63, 3.8) is 0 Å². The van der Waals surface area contributed by atoms with Gasteiger partial charge in [-0.3, -0.25) is 24.3 Å². The van der Waals surface area contributed by atoms with Gasteiger partial charge < -0.3 is 10.1 Å². The lowest BCUT2D eigenvalue weighted by Gasteiger charge is -2.17. The fourth-order valence-electron chi connectivity index (χ4n) is 2.85. The van der Waals surface area contributed by atoms with E-state index in [1.54, 1.807) is 31.2 Å². The summed E-state index contributed by atoms with van der Waals surface area (Å²) in [6.45, 7) is 3.13. The lowest BCUT2D eigenvalue weighted by Crippen LogP contribution is -2.33. The summed E-state index contributed by atoms with van der Waals surface area (Å²) in [5.41, 5.74) is -0.421. The lowest BCUT2D eigenvalue weighted by molar-refractivity contribution is -0.386. The zero-order valence-corrected chi connectivity index (χ0v) is 15.9. The molecule has 0 radical (unpaired) electrons. The minimum absolute atomic E-state index is 0.454. The van der Waals surface area contributed by atoms with E-state index in [0.717, 1.165) is 10.6 Å². The molecule has 1 aromatic heterocycles. The number of anilines is 1. The van der Waals surface area contributed by atoms with Crippen LogP contribution in [-0.2, 0) is 4.79 Å². The van der Waals surface area contributed by atoms with Crippen LogP contribution in [0, 0.1) is 17.0 Å². The Balaban J connectivity index is 1.74. The molecule has 29 heavy (non-hydrogen) atoms. The number of amides is 1. The van der Waals surface area contributed by atoms with Gasteiger partial charge in [0.05, 0.1) is 4.92 Å². The van der Waals surface area contributed by atoms with Gasteiger partial charge in [0.15, 0.2) is 0 Å². The zero-order chi connectivity index (χ0) is 21.0. The molecule has 3 aromatic rings. The van der Waals surface area contributed by atoms with Gasteiger partial charge in [0.25, 0.3) is 0 Å². The fraction of sp³-hybridized carbons (Fsp3) is 0.143. The highest BCUT2D eigenvalue weighted by Gasteiger charge is 2.23. The van der Waals surface area contributed by atoms with E-state index in [4.69, 9.17) is 4.74 Å². The molecule has 0 fully saturated rings. The molecular weight excluding hydrogens is 374 g/mol. The van der Waals surface area contributed by atoms with Gasteiger partial charge in [-0.2, -0.15) is 0 Å². The predicted molar refractivity (Wildman–Crippen MR) is 108 cm³/mol. The number of nitro groups is 1. The Morgan fingerprint density at radius 2 is 1.66 bits per heavy atom. The van der Waals surface area contributed by atoms with Crippen molar-refractivity contribution in [3.8, 4) is 11.5 Å². The minimum Gasteiger partial charge on any atom is -0.457 e. The van der Waals surface area contributed by atoms with E-state index < -0.39 is 28.1 Å². The molecule has 1 unspecified atom stereocenters. The van der Waals surface area contributed by atoms with Crippen LogP contribution in [0.5, 0.6) is 11.5 Å². The van der Waals surface area contributed by atoms with Gasteiger partial charge >= 0.3 is 11.2 Å². The average molecular weight is 393 g/mol. The third-order valence-electron chi connectivity index (χ3n) is 4.36. The van der Waals surface area contributed by atoms with Crippen LogP contribution in [0.25, 0.3) is 0 Å². The highest BCUT2D eigenvalue weighted by Crippen LogP contribution is 2.23. The Morgan fingerprint density at radius 1 is 1.03 bits per heavy atom. The Labute approximate surface area is 166 Å². The molecule has 8 heteroatoms. The largest absolute Gasteiger partial charge is 0.457 e. The summed E-state index contributed by atoms with van der Waals surface area (Å²) in [7, 11) is 0. The quantitative estimate of drug-likeness (QED) is 0.502. The molecule has 0 saturated heterocycles. The van der Waals surface area contributed by atoms with Gasteiger partial charge in [-0.05, 0) is 56.3 Å². The summed E-state index contributed by atoms with van der Waals surface area (Å²) >= 11 is 0. The van der Waals surface area contributed by atoms with Gasteiger partial charge in [0.2, 0.25) is 5.91 Å². The monoisotopic (exact) mass is 393 g/mol. The molecule has 1 heterocycles. The number of carbonyl (C=O) groups is 1. The first kappa shape index (κ1) is 19.8. The molecule has 0 saturated carbocycles. The number of ether oxygens (including phenoxy) is 1. The normalized spacial score (nSPS) is 11.5. The average Bonchev–Trinajstić information content (AvgIpc) is 2.70. The summed E-state index contributed by atoms with van der Waals surface area (Å²) in [5.74, 6) is 0.832. The summed E-state index contributed by atoms with van der Waals surface area (Å²) < 4.78 is 6.81. The number of benzene rings is 2. The second-order valence-electron chi connectivity index (χ2n) is 6.40. The van der Waals surface area contributed by atoms with Crippen molar-refractivity contribution in [2.45, 2.75) is 19.9 Å². The smallest absolute Gasteiger partial charge is 0.334 e. The first-order chi connectivity index (χ1) is 13.9. The van der Waals surface area contributed by atoms with E-state index in [2.05, 4.69) is 5.32 Å². The second-order valence-corrected chi connectivity index (χ2v) is 6.40. The molecule has 148 valence electrons. The summed E-state index contributed by atoms with van der Waals surface area (Å²) in [5, 5.41) is 13.7. The van der Waals surface area contributed by atoms with Crippen molar-refractivity contribution >= 4 is 17.3 Å². The third kappa shape index (κ3) is 4.49. The zero-order valence-electron chi connectivity index (χ0n) is 15.9. The number of aromatic nitrogens is 1. The molecular formula is C21H19N3O5. The molecule has 8 nitrogen and oxygen atoms in total. The SMILES string of the molecule is Cc1ccc([N+](=O)[O-])c(=O)n1C(C)C(=O)Nc1ccc(Oc2ccccc2)cc1. The standard InChI is InChI=1S/C21H19N3O5/c1-14-8-13-19(24(27)28)21(26)23(14)15(2)20(25)22-16-9-11-18(12-10-16)29-17-6-4-3-5-7-17/h3-13,15H,1-2H3,(H,22,25). The molecule has 1 amide bonds. The maximum absolute atomic E-state index is 12.6. The maximum atomic E-state index is 12.6. The first-order valence-electron chi connectivity index (χ1n) is 8.87. The molecule has 0 aliphatic heterocycles. The van der Waals surface area contributed by atoms with E-state index in [0.29, 0.717) is 22.9 Å². The van der Waals surface area contributed by atoms with Crippen molar-refractivity contribution in [2.24, 2.45) is 0 Å². The van der Waals surface area contributed by atoms with E-state index in [1.165, 1.54) is 13.0 Å². The van der Waals surface area contributed by atoms with Gasteiger partial charge in [-0.15, -0.1) is 0 Å². The first-order valence-corrected chi connectivity index (χ1v) is 8.87. The van der Waals surface area contributed by atoms with Crippen LogP contribution in [0.3, 0.4) is 0 Å². The van der Waals surface area contributed by atoms with E-state index in [-0.39, 0.29) is 0 Å². The van der Waals surface area contributed by atoms with Gasteiger partial charge in [0, 0.05) is 17.4 Å². The lowest BCUT2D eigenvalue weighted by atomic mass is 10.2. The maximum Gasteiger partial charge on any atom is 0.334 e. The number of rotatable bonds is 6. The molecule has 0 bridgehead atoms. The highest BCUT2D eigenvalue weighted by atomic mass is 16.6. The van der Waals surface area contributed by atoms with Gasteiger partial charge in [-0.25, -0.2) is 0 Å². The predicted octanol–water partition coefficient (Wildman–Crippen LogP) is 4.06.